The van der Waals surface area contributed by atoms with Gasteiger partial charge in [0.05, 0.1) is 73.0 Å². The number of imide groups is 1. The van der Waals surface area contributed by atoms with Gasteiger partial charge in [0, 0.05) is 59.6 Å². The summed E-state index contributed by atoms with van der Waals surface area (Å²) in [5.74, 6) is -8.61. The minimum atomic E-state index is -2.08. The summed E-state index contributed by atoms with van der Waals surface area (Å²) in [6.45, 7) is 6.38. The molecule has 0 radical (unpaired) electrons. The van der Waals surface area contributed by atoms with Gasteiger partial charge in [-0.1, -0.05) is 64.4 Å². The molecular weight excluding hydrogens is 1270 g/mol. The smallest absolute Gasteiger partial charge is 0.343 e. The van der Waals surface area contributed by atoms with Crippen molar-refractivity contribution in [1.82, 2.24) is 57.0 Å². The number of cyclic esters (lactones) is 2. The number of aromatic nitrogens is 2. The van der Waals surface area contributed by atoms with Crippen molar-refractivity contribution in [2.24, 2.45) is 0 Å². The summed E-state index contributed by atoms with van der Waals surface area (Å²) in [5, 5.41) is 31.7. The van der Waals surface area contributed by atoms with Crippen LogP contribution in [0.1, 0.15) is 143 Å². The lowest BCUT2D eigenvalue weighted by Gasteiger charge is -2.31. The molecule has 0 saturated carbocycles. The molecule has 1 unspecified atom stereocenters. The molecule has 514 valence electrons. The molecule has 5 aliphatic rings. The zero-order chi connectivity index (χ0) is 69.2. The quantitative estimate of drug-likeness (QED) is 0.0130. The van der Waals surface area contributed by atoms with E-state index in [-0.39, 0.29) is 91.6 Å². The van der Waals surface area contributed by atoms with E-state index in [0.717, 1.165) is 12.8 Å². The van der Waals surface area contributed by atoms with E-state index in [4.69, 9.17) is 19.2 Å². The molecule has 0 spiro atoms. The number of amides is 10. The molecule has 9 rings (SSSR count). The lowest BCUT2D eigenvalue weighted by atomic mass is 9.81. The average molecular weight is 1350 g/mol. The molecule has 2 saturated heterocycles. The summed E-state index contributed by atoms with van der Waals surface area (Å²) in [5.41, 5.74) is 1.55. The van der Waals surface area contributed by atoms with E-state index in [1.54, 1.807) is 50.2 Å². The van der Waals surface area contributed by atoms with E-state index in [1.807, 2.05) is 13.8 Å². The number of pyridine rings is 2. The predicted molar refractivity (Wildman–Crippen MR) is 343 cm³/mol. The largest absolute Gasteiger partial charge is 0.464 e. The van der Waals surface area contributed by atoms with Gasteiger partial charge in [0.1, 0.15) is 43.9 Å². The lowest BCUT2D eigenvalue weighted by Crippen LogP contribution is -2.53. The number of aryl methyl sites for hydroxylation is 1. The Labute approximate surface area is 555 Å². The number of likely N-dealkylation sites (tertiary alicyclic amines) is 1. The van der Waals surface area contributed by atoms with Crippen molar-refractivity contribution in [3.63, 3.8) is 0 Å². The van der Waals surface area contributed by atoms with Crippen molar-refractivity contribution in [3.05, 3.63) is 97.6 Å². The molecular formula is C66H80FN11O17S. The highest BCUT2D eigenvalue weighted by Crippen LogP contribution is 2.46. The number of rotatable bonds is 31. The van der Waals surface area contributed by atoms with Crippen LogP contribution in [0.5, 0.6) is 0 Å². The maximum Gasteiger partial charge on any atom is 0.343 e. The van der Waals surface area contributed by atoms with Crippen LogP contribution < -0.4 is 48.1 Å². The van der Waals surface area contributed by atoms with Gasteiger partial charge >= 0.3 is 11.9 Å². The second-order valence-electron chi connectivity index (χ2n) is 24.6. The van der Waals surface area contributed by atoms with E-state index in [2.05, 4.69) is 49.5 Å². The van der Waals surface area contributed by atoms with Gasteiger partial charge in [0.25, 0.3) is 5.56 Å². The Morgan fingerprint density at radius 3 is 2.18 bits per heavy atom. The SMILES string of the molecule is CCC(C)(CC)SC1CC(=O)N(CCCCCC(=O)N[C@@H](CC(=O)N[C@H]2CCOC2=O)C(=O)NCC(=O)NCC(=O)N[C@@H](Cc2ccccc2)C(=O)NCC(=O)NCOCC(=O)N[C@H]2CCc3c(C)c(F)cc4nc5c(c2c34)Cn2c-5cc3c(c2=O)COC(=O)[C@]3(O)CC)C1=O. The first kappa shape index (κ1) is 71.1. The normalized spacial score (nSPS) is 19.0. The van der Waals surface area contributed by atoms with E-state index in [0.29, 0.717) is 76.7 Å². The first-order chi connectivity index (χ1) is 45.8. The van der Waals surface area contributed by atoms with E-state index in [1.165, 1.54) is 27.3 Å². The van der Waals surface area contributed by atoms with Crippen molar-refractivity contribution in [3.8, 4) is 11.4 Å². The average Bonchev–Trinajstić information content (AvgIpc) is 1.48. The van der Waals surface area contributed by atoms with Crippen molar-refractivity contribution in [1.29, 1.82) is 0 Å². The second-order valence-corrected chi connectivity index (χ2v) is 26.4. The number of ether oxygens (including phenoxy) is 3. The third-order valence-electron chi connectivity index (χ3n) is 18.3. The van der Waals surface area contributed by atoms with Crippen molar-refractivity contribution < 1.29 is 81.2 Å². The lowest BCUT2D eigenvalue weighted by molar-refractivity contribution is -0.172. The first-order valence-corrected chi connectivity index (χ1v) is 33.1. The molecule has 30 heteroatoms. The van der Waals surface area contributed by atoms with Crippen molar-refractivity contribution >= 4 is 93.7 Å². The molecule has 9 N–H and O–H groups in total. The van der Waals surface area contributed by atoms with Crippen LogP contribution in [0, 0.1) is 12.7 Å². The molecule has 10 amide bonds. The predicted octanol–water partition coefficient (Wildman–Crippen LogP) is 1.10. The Morgan fingerprint density at radius 2 is 1.48 bits per heavy atom. The highest BCUT2D eigenvalue weighted by Gasteiger charge is 2.47. The maximum absolute atomic E-state index is 15.5. The van der Waals surface area contributed by atoms with Crippen LogP contribution in [0.25, 0.3) is 22.3 Å². The molecule has 28 nitrogen and oxygen atoms in total. The van der Waals surface area contributed by atoms with Gasteiger partial charge in [0.15, 0.2) is 5.60 Å². The number of aliphatic hydroxyl groups is 1. The van der Waals surface area contributed by atoms with Crippen molar-refractivity contribution in [2.75, 3.05) is 46.1 Å². The van der Waals surface area contributed by atoms with Crippen LogP contribution in [0.4, 0.5) is 4.39 Å². The molecule has 2 aromatic carbocycles. The highest BCUT2D eigenvalue weighted by molar-refractivity contribution is 8.02. The molecule has 0 bridgehead atoms. The Morgan fingerprint density at radius 1 is 0.792 bits per heavy atom. The number of carbonyl (C=O) groups is 12. The summed E-state index contributed by atoms with van der Waals surface area (Å²) in [7, 11) is 0. The van der Waals surface area contributed by atoms with Crippen LogP contribution in [0.2, 0.25) is 0 Å². The number of nitrogens with zero attached hydrogens (tertiary/aromatic N) is 3. The molecule has 1 aliphatic carbocycles. The molecule has 96 heavy (non-hydrogen) atoms. The van der Waals surface area contributed by atoms with Gasteiger partial charge in [0.2, 0.25) is 59.1 Å². The number of halogens is 1. The van der Waals surface area contributed by atoms with E-state index >= 15 is 4.39 Å². The van der Waals surface area contributed by atoms with Crippen LogP contribution in [0.15, 0.2) is 47.3 Å². The van der Waals surface area contributed by atoms with Crippen LogP contribution >= 0.6 is 11.8 Å². The van der Waals surface area contributed by atoms with Crippen LogP contribution in [-0.4, -0.2) is 165 Å². The number of carbonyl (C=O) groups excluding carboxylic acids is 12. The number of esters is 2. The zero-order valence-electron chi connectivity index (χ0n) is 54.1. The number of fused-ring (bicyclic) bond motifs is 5. The fourth-order valence-corrected chi connectivity index (χ4v) is 13.9. The zero-order valence-corrected chi connectivity index (χ0v) is 54.9. The van der Waals surface area contributed by atoms with Crippen molar-refractivity contribution in [2.45, 2.75) is 171 Å². The van der Waals surface area contributed by atoms with Crippen LogP contribution in [0.3, 0.4) is 0 Å². The Kier molecular flexibility index (Phi) is 23.1. The summed E-state index contributed by atoms with van der Waals surface area (Å²) < 4.78 is 32.4. The van der Waals surface area contributed by atoms with Gasteiger partial charge in [-0.2, -0.15) is 0 Å². The third kappa shape index (κ3) is 16.4. The van der Waals surface area contributed by atoms with Crippen LogP contribution in [-0.2, 0) is 103 Å². The minimum Gasteiger partial charge on any atom is -0.464 e. The van der Waals surface area contributed by atoms with Gasteiger partial charge in [-0.25, -0.2) is 19.0 Å². The Bertz CT molecular complexity index is 3830. The highest BCUT2D eigenvalue weighted by atomic mass is 32.2. The van der Waals surface area contributed by atoms with Gasteiger partial charge < -0.3 is 66.4 Å². The third-order valence-corrected chi connectivity index (χ3v) is 20.1. The molecule has 6 atom stereocenters. The topological polar surface area (TPSA) is 387 Å². The fourth-order valence-electron chi connectivity index (χ4n) is 12.4. The van der Waals surface area contributed by atoms with Gasteiger partial charge in [-0.3, -0.25) is 57.6 Å². The first-order valence-electron chi connectivity index (χ1n) is 32.2. The number of hydrogen-bond donors (Lipinski definition) is 9. The second kappa shape index (κ2) is 31.1. The Balaban J connectivity index is 0.730. The molecule has 4 aliphatic heterocycles. The standard InChI is InChI=1S/C66H80FN11O17S/c1-6-65(5,7-2)96-48-27-55(85)77(62(48)89)21-14-10-13-17-49(79)74-46(26-50(80)73-43-20-22-94-63(43)90)60(87)69-28-51(81)68-30-53(83)75-45(23-36-15-11-9-12-16-36)59(86)70-29-52(82)71-34-93-33-54(84)72-42-19-18-37-35(4)41(67)25-44-56(37)57(42)38-31-78-47(58(38)76-44)24-40-39(61(78)88)32-95-64(91)66(40,92)8-3/h9,11-12,15-16,24-25,42-43,45-46,48,92H,6-8,10,13-14,17-23,26-34H2,1-5H3,(H,68,81)(H,69,87)(H,70,86)(H,71,82)(H,72,84)(H,73,80)(H,74,79)(H,75,83)/t42-,43-,45-,46-,48?,66-/m0/s1. The van der Waals surface area contributed by atoms with E-state index < -0.39 is 145 Å². The van der Waals surface area contributed by atoms with Gasteiger partial charge in [-0.05, 0) is 80.2 Å². The maximum atomic E-state index is 15.5. The number of unbranched alkanes of at least 4 members (excludes halogenated alkanes) is 2. The summed E-state index contributed by atoms with van der Waals surface area (Å²) in [6.07, 6.45) is 3.09. The Hall–Kier alpha value is -9.16. The molecule has 6 heterocycles. The molecule has 2 fully saturated rings. The monoisotopic (exact) mass is 1350 g/mol. The molecule has 4 aromatic rings. The fraction of sp³-hybridized carbons (Fsp3) is 0.515. The molecule has 2 aromatic heterocycles. The summed E-state index contributed by atoms with van der Waals surface area (Å²) in [6, 6.07) is 7.01. The van der Waals surface area contributed by atoms with E-state index in [9.17, 15) is 67.4 Å². The number of nitrogens with one attached hydrogen (secondary N) is 8. The summed E-state index contributed by atoms with van der Waals surface area (Å²) in [4.78, 5) is 177. The summed E-state index contributed by atoms with van der Waals surface area (Å²) >= 11 is 1.52. The number of thioether (sulfide) groups is 1. The van der Waals surface area contributed by atoms with Gasteiger partial charge in [-0.15, -0.1) is 11.8 Å². The number of hydrogen-bond acceptors (Lipinski definition) is 19. The minimum absolute atomic E-state index is 0.0260. The number of benzene rings is 2.